The molecule has 0 aromatic rings. The maximum Gasteiger partial charge on any atom is 0.0673 e. The van der Waals surface area contributed by atoms with Crippen molar-refractivity contribution in [2.75, 3.05) is 26.2 Å². The summed E-state index contributed by atoms with van der Waals surface area (Å²) in [6, 6.07) is 1.30. The normalized spacial score (nSPS) is 30.4. The van der Waals surface area contributed by atoms with Crippen LogP contribution in [0.4, 0.5) is 0 Å². The van der Waals surface area contributed by atoms with Crippen molar-refractivity contribution in [2.45, 2.75) is 52.3 Å². The van der Waals surface area contributed by atoms with Gasteiger partial charge in [0.1, 0.15) is 0 Å². The molecule has 0 spiro atoms. The Morgan fingerprint density at radius 1 is 1.47 bits per heavy atom. The van der Waals surface area contributed by atoms with E-state index in [0.717, 1.165) is 26.2 Å². The first-order valence-corrected chi connectivity index (χ1v) is 6.26. The molecule has 15 heavy (non-hydrogen) atoms. The van der Waals surface area contributed by atoms with E-state index in [4.69, 9.17) is 4.74 Å². The summed E-state index contributed by atoms with van der Waals surface area (Å²) in [5.74, 6) is 0. The number of nitrogens with one attached hydrogen (secondary N) is 1. The molecule has 0 aromatic carbocycles. The van der Waals surface area contributed by atoms with E-state index < -0.39 is 0 Å². The van der Waals surface area contributed by atoms with Gasteiger partial charge in [0.15, 0.2) is 0 Å². The first kappa shape index (κ1) is 12.9. The zero-order valence-corrected chi connectivity index (χ0v) is 10.6. The lowest BCUT2D eigenvalue weighted by molar-refractivity contribution is 0.0206. The molecule has 3 unspecified atom stereocenters. The predicted octanol–water partition coefficient (Wildman–Crippen LogP) is 1.48. The molecule has 90 valence electrons. The van der Waals surface area contributed by atoms with E-state index >= 15 is 0 Å². The summed E-state index contributed by atoms with van der Waals surface area (Å²) < 4.78 is 5.61. The van der Waals surface area contributed by atoms with E-state index in [9.17, 15) is 0 Å². The minimum atomic E-state index is 0.356. The number of hydrogen-bond donors (Lipinski definition) is 1. The quantitative estimate of drug-likeness (QED) is 0.750. The van der Waals surface area contributed by atoms with Crippen molar-refractivity contribution in [3.63, 3.8) is 0 Å². The molecule has 0 bridgehead atoms. The second-order valence-corrected chi connectivity index (χ2v) is 4.59. The van der Waals surface area contributed by atoms with E-state index in [-0.39, 0.29) is 0 Å². The van der Waals surface area contributed by atoms with Gasteiger partial charge in [-0.3, -0.25) is 4.90 Å². The van der Waals surface area contributed by atoms with Gasteiger partial charge in [0.25, 0.3) is 0 Å². The lowest BCUT2D eigenvalue weighted by Gasteiger charge is -2.40. The van der Waals surface area contributed by atoms with E-state index in [2.05, 4.69) is 37.9 Å². The van der Waals surface area contributed by atoms with Crippen molar-refractivity contribution in [2.24, 2.45) is 0 Å². The summed E-state index contributed by atoms with van der Waals surface area (Å²) >= 11 is 0. The molecule has 1 fully saturated rings. The van der Waals surface area contributed by atoms with Crippen LogP contribution in [0.3, 0.4) is 0 Å². The first-order valence-electron chi connectivity index (χ1n) is 6.26. The molecule has 3 nitrogen and oxygen atoms in total. The summed E-state index contributed by atoms with van der Waals surface area (Å²) in [6.07, 6.45) is 1.58. The average molecular weight is 214 g/mol. The lowest BCUT2D eigenvalue weighted by Crippen LogP contribution is -2.56. The van der Waals surface area contributed by atoms with E-state index in [0.29, 0.717) is 18.2 Å². The Hall–Kier alpha value is -0.120. The number of hydrogen-bond acceptors (Lipinski definition) is 3. The lowest BCUT2D eigenvalue weighted by atomic mass is 10.1. The first-order chi connectivity index (χ1) is 7.17. The Kier molecular flexibility index (Phi) is 5.58. The molecule has 0 aromatic heterocycles. The van der Waals surface area contributed by atoms with E-state index in [1.807, 2.05) is 0 Å². The SMILES string of the molecule is CCOC(C)CN1CC(C)NCC1CC. The largest absolute Gasteiger partial charge is 0.377 e. The summed E-state index contributed by atoms with van der Waals surface area (Å²) in [5.41, 5.74) is 0. The Labute approximate surface area is 94.2 Å². The third-order valence-electron chi connectivity index (χ3n) is 3.14. The maximum absolute atomic E-state index is 5.61. The third kappa shape index (κ3) is 4.09. The fourth-order valence-electron chi connectivity index (χ4n) is 2.33. The third-order valence-corrected chi connectivity index (χ3v) is 3.14. The molecule has 0 radical (unpaired) electrons. The molecule has 1 saturated heterocycles. The van der Waals surface area contributed by atoms with Crippen LogP contribution in [0.5, 0.6) is 0 Å². The van der Waals surface area contributed by atoms with Crippen molar-refractivity contribution in [3.8, 4) is 0 Å². The zero-order chi connectivity index (χ0) is 11.3. The van der Waals surface area contributed by atoms with Gasteiger partial charge in [0.2, 0.25) is 0 Å². The van der Waals surface area contributed by atoms with Gasteiger partial charge in [-0.1, -0.05) is 6.92 Å². The Morgan fingerprint density at radius 3 is 2.80 bits per heavy atom. The molecule has 1 aliphatic heterocycles. The Morgan fingerprint density at radius 2 is 2.20 bits per heavy atom. The highest BCUT2D eigenvalue weighted by atomic mass is 16.5. The zero-order valence-electron chi connectivity index (χ0n) is 10.6. The summed E-state index contributed by atoms with van der Waals surface area (Å²) in [5, 5.41) is 3.54. The monoisotopic (exact) mass is 214 g/mol. The van der Waals surface area contributed by atoms with Crippen molar-refractivity contribution < 1.29 is 4.74 Å². The van der Waals surface area contributed by atoms with Crippen molar-refractivity contribution >= 4 is 0 Å². The van der Waals surface area contributed by atoms with E-state index in [1.54, 1.807) is 0 Å². The minimum absolute atomic E-state index is 0.356. The van der Waals surface area contributed by atoms with Crippen LogP contribution in [0, 0.1) is 0 Å². The fraction of sp³-hybridized carbons (Fsp3) is 1.00. The van der Waals surface area contributed by atoms with E-state index in [1.165, 1.54) is 6.42 Å². The average Bonchev–Trinajstić information content (AvgIpc) is 2.18. The number of rotatable bonds is 5. The Balaban J connectivity index is 2.40. The fourth-order valence-corrected chi connectivity index (χ4v) is 2.33. The standard InChI is InChI=1S/C12H26N2O/c1-5-12-7-13-10(3)8-14(12)9-11(4)15-6-2/h10-13H,5-9H2,1-4H3. The van der Waals surface area contributed by atoms with Crippen LogP contribution in [0.25, 0.3) is 0 Å². The van der Waals surface area contributed by atoms with Crippen LogP contribution < -0.4 is 5.32 Å². The Bertz CT molecular complexity index is 175. The summed E-state index contributed by atoms with van der Waals surface area (Å²) in [7, 11) is 0. The van der Waals surface area contributed by atoms with Crippen LogP contribution >= 0.6 is 0 Å². The highest BCUT2D eigenvalue weighted by Crippen LogP contribution is 2.11. The smallest absolute Gasteiger partial charge is 0.0673 e. The number of nitrogens with zero attached hydrogens (tertiary/aromatic N) is 1. The van der Waals surface area contributed by atoms with Gasteiger partial charge in [-0.05, 0) is 27.2 Å². The molecule has 1 N–H and O–H groups in total. The summed E-state index contributed by atoms with van der Waals surface area (Å²) in [6.45, 7) is 12.9. The van der Waals surface area contributed by atoms with Gasteiger partial charge >= 0.3 is 0 Å². The molecular formula is C12H26N2O. The highest BCUT2D eigenvalue weighted by Gasteiger charge is 2.25. The van der Waals surface area contributed by atoms with Crippen molar-refractivity contribution in [1.29, 1.82) is 0 Å². The van der Waals surface area contributed by atoms with Crippen LogP contribution in [0.1, 0.15) is 34.1 Å². The highest BCUT2D eigenvalue weighted by molar-refractivity contribution is 4.84. The van der Waals surface area contributed by atoms with Gasteiger partial charge in [0.05, 0.1) is 6.10 Å². The van der Waals surface area contributed by atoms with Crippen LogP contribution in [-0.2, 0) is 4.74 Å². The van der Waals surface area contributed by atoms with Crippen molar-refractivity contribution in [3.05, 3.63) is 0 Å². The predicted molar refractivity (Wildman–Crippen MR) is 64.2 cm³/mol. The van der Waals surface area contributed by atoms with Crippen LogP contribution in [0.15, 0.2) is 0 Å². The minimum Gasteiger partial charge on any atom is -0.377 e. The second-order valence-electron chi connectivity index (χ2n) is 4.59. The molecule has 3 atom stereocenters. The van der Waals surface area contributed by atoms with Gasteiger partial charge in [-0.15, -0.1) is 0 Å². The molecule has 1 rings (SSSR count). The molecule has 0 saturated carbocycles. The number of ether oxygens (including phenoxy) is 1. The molecule has 0 aliphatic carbocycles. The molecule has 3 heteroatoms. The molecule has 1 heterocycles. The van der Waals surface area contributed by atoms with Crippen molar-refractivity contribution in [1.82, 2.24) is 10.2 Å². The van der Waals surface area contributed by atoms with Crippen LogP contribution in [0.2, 0.25) is 0 Å². The second kappa shape index (κ2) is 6.46. The number of piperazine rings is 1. The van der Waals surface area contributed by atoms with Gasteiger partial charge in [0, 0.05) is 38.3 Å². The molecular weight excluding hydrogens is 188 g/mol. The molecule has 1 aliphatic rings. The molecule has 0 amide bonds. The topological polar surface area (TPSA) is 24.5 Å². The maximum atomic E-state index is 5.61. The van der Waals surface area contributed by atoms with Crippen LogP contribution in [-0.4, -0.2) is 49.3 Å². The van der Waals surface area contributed by atoms with Gasteiger partial charge in [-0.2, -0.15) is 0 Å². The summed E-state index contributed by atoms with van der Waals surface area (Å²) in [4.78, 5) is 2.57. The van der Waals surface area contributed by atoms with Gasteiger partial charge in [-0.25, -0.2) is 0 Å². The van der Waals surface area contributed by atoms with Gasteiger partial charge < -0.3 is 10.1 Å².